The van der Waals surface area contributed by atoms with E-state index in [1.165, 1.54) is 0 Å². The van der Waals surface area contributed by atoms with Crippen molar-refractivity contribution in [1.29, 1.82) is 5.26 Å². The number of nitrogens with zero attached hydrogens (tertiary/aromatic N) is 3. The van der Waals surface area contributed by atoms with Crippen LogP contribution in [0.5, 0.6) is 0 Å². The summed E-state index contributed by atoms with van der Waals surface area (Å²) in [7, 11) is 0. The maximum atomic E-state index is 9.36. The first-order chi connectivity index (χ1) is 10.1. The molecule has 0 spiro atoms. The highest BCUT2D eigenvalue weighted by Gasteiger charge is 2.17. The highest BCUT2D eigenvalue weighted by molar-refractivity contribution is 5.82. The summed E-state index contributed by atoms with van der Waals surface area (Å²) in [5.41, 5.74) is 9.86. The molecule has 21 heavy (non-hydrogen) atoms. The van der Waals surface area contributed by atoms with Crippen molar-refractivity contribution in [1.82, 2.24) is 9.55 Å². The topological polar surface area (TPSA) is 67.6 Å². The Morgan fingerprint density at radius 1 is 1.19 bits per heavy atom. The number of anilines is 1. The number of hydrogen-bond acceptors (Lipinski definition) is 3. The number of imidazole rings is 1. The van der Waals surface area contributed by atoms with Gasteiger partial charge in [-0.3, -0.25) is 4.57 Å². The van der Waals surface area contributed by atoms with Gasteiger partial charge in [0.25, 0.3) is 0 Å². The van der Waals surface area contributed by atoms with Crippen molar-refractivity contribution in [2.24, 2.45) is 0 Å². The zero-order chi connectivity index (χ0) is 15.0. The third-order valence-corrected chi connectivity index (χ3v) is 3.49. The summed E-state index contributed by atoms with van der Waals surface area (Å²) in [6.07, 6.45) is 0. The summed E-state index contributed by atoms with van der Waals surface area (Å²) in [5, 5.41) is 9.36. The summed E-state index contributed by atoms with van der Waals surface area (Å²) in [5.74, 6) is 1.17. The van der Waals surface area contributed by atoms with Gasteiger partial charge in [-0.2, -0.15) is 5.26 Å². The van der Waals surface area contributed by atoms with Gasteiger partial charge >= 0.3 is 0 Å². The van der Waals surface area contributed by atoms with Crippen molar-refractivity contribution in [3.63, 3.8) is 0 Å². The standard InChI is InChI=1S/C17H16N4/c1-11(2)17-20-14-9-13(19)7-8-16(14)21(17)15-6-4-3-5-12(15)10-18/h3-9,11H,19H2,1-2H3. The maximum absolute atomic E-state index is 9.36. The Hall–Kier alpha value is -2.80. The lowest BCUT2D eigenvalue weighted by Crippen LogP contribution is -2.04. The summed E-state index contributed by atoms with van der Waals surface area (Å²) in [6, 6.07) is 15.5. The average molecular weight is 276 g/mol. The molecule has 0 aliphatic heterocycles. The molecule has 104 valence electrons. The second-order valence-corrected chi connectivity index (χ2v) is 5.34. The maximum Gasteiger partial charge on any atom is 0.117 e. The molecule has 0 atom stereocenters. The highest BCUT2D eigenvalue weighted by atomic mass is 15.1. The molecule has 4 heteroatoms. The number of rotatable bonds is 2. The lowest BCUT2D eigenvalue weighted by molar-refractivity contribution is 0.759. The summed E-state index contributed by atoms with van der Waals surface area (Å²) < 4.78 is 2.05. The molecule has 0 fully saturated rings. The first kappa shape index (κ1) is 13.2. The highest BCUT2D eigenvalue weighted by Crippen LogP contribution is 2.28. The molecule has 4 nitrogen and oxygen atoms in total. The number of para-hydroxylation sites is 1. The van der Waals surface area contributed by atoms with Crippen LogP contribution in [0.25, 0.3) is 16.7 Å². The van der Waals surface area contributed by atoms with E-state index < -0.39 is 0 Å². The van der Waals surface area contributed by atoms with Crippen LogP contribution in [-0.2, 0) is 0 Å². The van der Waals surface area contributed by atoms with Gasteiger partial charge in [0.1, 0.15) is 11.9 Å². The van der Waals surface area contributed by atoms with Gasteiger partial charge in [-0.15, -0.1) is 0 Å². The molecule has 1 aromatic heterocycles. The summed E-state index contributed by atoms with van der Waals surface area (Å²) in [6.45, 7) is 4.19. The minimum atomic E-state index is 0.241. The van der Waals surface area contributed by atoms with Gasteiger partial charge in [0.2, 0.25) is 0 Å². The molecule has 0 unspecified atom stereocenters. The van der Waals surface area contributed by atoms with Crippen LogP contribution in [-0.4, -0.2) is 9.55 Å². The van der Waals surface area contributed by atoms with E-state index in [9.17, 15) is 5.26 Å². The Morgan fingerprint density at radius 3 is 2.67 bits per heavy atom. The average Bonchev–Trinajstić information content (AvgIpc) is 2.85. The largest absolute Gasteiger partial charge is 0.399 e. The Morgan fingerprint density at radius 2 is 1.95 bits per heavy atom. The van der Waals surface area contributed by atoms with Gasteiger partial charge in [0.15, 0.2) is 0 Å². The molecule has 0 amide bonds. The van der Waals surface area contributed by atoms with Crippen LogP contribution in [0.4, 0.5) is 5.69 Å². The van der Waals surface area contributed by atoms with Crippen LogP contribution < -0.4 is 5.73 Å². The van der Waals surface area contributed by atoms with E-state index in [-0.39, 0.29) is 5.92 Å². The van der Waals surface area contributed by atoms with Crippen molar-refractivity contribution < 1.29 is 0 Å². The smallest absolute Gasteiger partial charge is 0.117 e. The van der Waals surface area contributed by atoms with E-state index in [4.69, 9.17) is 10.7 Å². The number of benzene rings is 2. The molecule has 0 bridgehead atoms. The number of fused-ring (bicyclic) bond motifs is 1. The van der Waals surface area contributed by atoms with E-state index in [1.54, 1.807) is 0 Å². The Labute approximate surface area is 123 Å². The molecule has 0 aliphatic carbocycles. The summed E-state index contributed by atoms with van der Waals surface area (Å²) >= 11 is 0. The second-order valence-electron chi connectivity index (χ2n) is 5.34. The lowest BCUT2D eigenvalue weighted by atomic mass is 10.1. The van der Waals surface area contributed by atoms with Crippen molar-refractivity contribution >= 4 is 16.7 Å². The van der Waals surface area contributed by atoms with Crippen LogP contribution in [0.15, 0.2) is 42.5 Å². The fraction of sp³-hybridized carbons (Fsp3) is 0.176. The van der Waals surface area contributed by atoms with Gasteiger partial charge in [0.05, 0.1) is 22.3 Å². The normalized spacial score (nSPS) is 11.0. The van der Waals surface area contributed by atoms with Gasteiger partial charge in [-0.1, -0.05) is 26.0 Å². The first-order valence-electron chi connectivity index (χ1n) is 6.89. The van der Waals surface area contributed by atoms with E-state index >= 15 is 0 Å². The monoisotopic (exact) mass is 276 g/mol. The second kappa shape index (κ2) is 4.95. The zero-order valence-corrected chi connectivity index (χ0v) is 12.0. The molecule has 3 rings (SSSR count). The van der Waals surface area contributed by atoms with E-state index in [0.29, 0.717) is 11.3 Å². The van der Waals surface area contributed by atoms with Crippen LogP contribution >= 0.6 is 0 Å². The zero-order valence-electron chi connectivity index (χ0n) is 12.0. The third kappa shape index (κ3) is 2.13. The molecule has 0 saturated carbocycles. The Kier molecular flexibility index (Phi) is 3.11. The third-order valence-electron chi connectivity index (χ3n) is 3.49. The van der Waals surface area contributed by atoms with Gasteiger partial charge in [0, 0.05) is 11.6 Å². The summed E-state index contributed by atoms with van der Waals surface area (Å²) in [4.78, 5) is 4.70. The SMILES string of the molecule is CC(C)c1nc2cc(N)ccc2n1-c1ccccc1C#N. The molecule has 2 N–H and O–H groups in total. The number of hydrogen-bond donors (Lipinski definition) is 1. The van der Waals surface area contributed by atoms with Gasteiger partial charge in [-0.05, 0) is 30.3 Å². The van der Waals surface area contributed by atoms with E-state index in [0.717, 1.165) is 22.5 Å². The van der Waals surface area contributed by atoms with Crippen molar-refractivity contribution in [2.75, 3.05) is 5.73 Å². The van der Waals surface area contributed by atoms with Crippen molar-refractivity contribution in [2.45, 2.75) is 19.8 Å². The number of aromatic nitrogens is 2. The predicted molar refractivity (Wildman–Crippen MR) is 84.3 cm³/mol. The first-order valence-corrected chi connectivity index (χ1v) is 6.89. The molecule has 0 aliphatic rings. The van der Waals surface area contributed by atoms with E-state index in [1.807, 2.05) is 42.5 Å². The molecule has 1 heterocycles. The van der Waals surface area contributed by atoms with Crippen LogP contribution in [0, 0.1) is 11.3 Å². The molecular formula is C17H16N4. The number of nitrogens with two attached hydrogens (primary N) is 1. The van der Waals surface area contributed by atoms with Crippen LogP contribution in [0.3, 0.4) is 0 Å². The number of nitriles is 1. The fourth-order valence-electron chi connectivity index (χ4n) is 2.52. The van der Waals surface area contributed by atoms with Crippen LogP contribution in [0.1, 0.15) is 31.2 Å². The van der Waals surface area contributed by atoms with Crippen molar-refractivity contribution in [3.05, 3.63) is 53.9 Å². The van der Waals surface area contributed by atoms with Crippen LogP contribution in [0.2, 0.25) is 0 Å². The molecular weight excluding hydrogens is 260 g/mol. The minimum absolute atomic E-state index is 0.241. The molecule has 0 saturated heterocycles. The predicted octanol–water partition coefficient (Wildman–Crippen LogP) is 3.60. The quantitative estimate of drug-likeness (QED) is 0.727. The molecule has 0 radical (unpaired) electrons. The molecule has 3 aromatic rings. The van der Waals surface area contributed by atoms with Crippen molar-refractivity contribution in [3.8, 4) is 11.8 Å². The Bertz CT molecular complexity index is 853. The Balaban J connectivity index is 2.40. The lowest BCUT2D eigenvalue weighted by Gasteiger charge is -2.12. The van der Waals surface area contributed by atoms with Gasteiger partial charge in [-0.25, -0.2) is 4.98 Å². The molecule has 2 aromatic carbocycles. The van der Waals surface area contributed by atoms with E-state index in [2.05, 4.69) is 24.5 Å². The minimum Gasteiger partial charge on any atom is -0.399 e. The van der Waals surface area contributed by atoms with Gasteiger partial charge < -0.3 is 5.73 Å². The fourth-order valence-corrected chi connectivity index (χ4v) is 2.52. The number of nitrogen functional groups attached to an aromatic ring is 1.